The molecule has 1 aromatic heterocycles. The molecule has 0 fully saturated rings. The molecule has 0 radical (unpaired) electrons. The molecule has 9 nitrogen and oxygen atoms in total. The molecule has 0 bridgehead atoms. The molecule has 9 heteroatoms. The van der Waals surface area contributed by atoms with Gasteiger partial charge in [-0.15, -0.1) is 0 Å². The van der Waals surface area contributed by atoms with Crippen LogP contribution in [0.5, 0.6) is 0 Å². The Morgan fingerprint density at radius 1 is 1.03 bits per heavy atom. The van der Waals surface area contributed by atoms with Crippen molar-refractivity contribution in [2.45, 2.75) is 37.8 Å². The number of alkyl carbamates (subject to hydrolysis) is 1. The first kappa shape index (κ1) is 24.0. The Morgan fingerprint density at radius 3 is 2.34 bits per heavy atom. The fourth-order valence-electron chi connectivity index (χ4n) is 4.33. The number of carboxylic acids is 1. The molecule has 1 aliphatic carbocycles. The maximum Gasteiger partial charge on any atom is 0.407 e. The third-order valence-corrected chi connectivity index (χ3v) is 6.02. The minimum absolute atomic E-state index is 0.0372. The third-order valence-electron chi connectivity index (χ3n) is 6.02. The second kappa shape index (κ2) is 11.3. The SMILES string of the molecule is O=C(O)CCC(NC(=O)OCC1c2ccccc2-c2ccccc21)C(=O)NCCCn1cccn1. The van der Waals surface area contributed by atoms with Crippen LogP contribution in [-0.4, -0.2) is 52.1 Å². The van der Waals surface area contributed by atoms with Crippen molar-refractivity contribution in [2.75, 3.05) is 13.2 Å². The first-order valence-electron chi connectivity index (χ1n) is 11.6. The van der Waals surface area contributed by atoms with E-state index in [0.717, 1.165) is 22.3 Å². The van der Waals surface area contributed by atoms with Crippen molar-refractivity contribution in [1.29, 1.82) is 0 Å². The first-order valence-corrected chi connectivity index (χ1v) is 11.6. The van der Waals surface area contributed by atoms with Crippen molar-refractivity contribution in [3.8, 4) is 11.1 Å². The second-order valence-electron chi connectivity index (χ2n) is 8.37. The molecule has 2 amide bonds. The van der Waals surface area contributed by atoms with Crippen molar-refractivity contribution in [3.63, 3.8) is 0 Å². The number of hydrogen-bond acceptors (Lipinski definition) is 5. The molecule has 0 saturated heterocycles. The average Bonchev–Trinajstić information content (AvgIpc) is 3.49. The van der Waals surface area contributed by atoms with Crippen LogP contribution in [0.3, 0.4) is 0 Å². The maximum atomic E-state index is 12.6. The molecular formula is C26H28N4O5. The summed E-state index contributed by atoms with van der Waals surface area (Å²) < 4.78 is 7.27. The van der Waals surface area contributed by atoms with Crippen LogP contribution in [0.4, 0.5) is 4.79 Å². The van der Waals surface area contributed by atoms with E-state index < -0.39 is 24.0 Å². The minimum Gasteiger partial charge on any atom is -0.481 e. The minimum atomic E-state index is -1.05. The van der Waals surface area contributed by atoms with Crippen LogP contribution in [0.25, 0.3) is 11.1 Å². The van der Waals surface area contributed by atoms with Crippen molar-refractivity contribution < 1.29 is 24.2 Å². The van der Waals surface area contributed by atoms with Gasteiger partial charge in [-0.05, 0) is 41.2 Å². The summed E-state index contributed by atoms with van der Waals surface area (Å²) in [5.74, 6) is -1.60. The van der Waals surface area contributed by atoms with E-state index in [2.05, 4.69) is 15.7 Å². The van der Waals surface area contributed by atoms with Crippen molar-refractivity contribution in [2.24, 2.45) is 0 Å². The van der Waals surface area contributed by atoms with Gasteiger partial charge in [0.05, 0.1) is 0 Å². The molecule has 0 aliphatic heterocycles. The van der Waals surface area contributed by atoms with Gasteiger partial charge in [-0.25, -0.2) is 4.79 Å². The lowest BCUT2D eigenvalue weighted by atomic mass is 9.98. The summed E-state index contributed by atoms with van der Waals surface area (Å²) >= 11 is 0. The van der Waals surface area contributed by atoms with Gasteiger partial charge in [0, 0.05) is 37.8 Å². The van der Waals surface area contributed by atoms with Crippen molar-refractivity contribution in [3.05, 3.63) is 78.1 Å². The average molecular weight is 477 g/mol. The lowest BCUT2D eigenvalue weighted by molar-refractivity contribution is -0.137. The van der Waals surface area contributed by atoms with Crippen LogP contribution >= 0.6 is 0 Å². The van der Waals surface area contributed by atoms with Crippen LogP contribution < -0.4 is 10.6 Å². The number of ether oxygens (including phenoxy) is 1. The third kappa shape index (κ3) is 6.06. The number of benzene rings is 2. The number of carboxylic acid groups (broad SMARTS) is 1. The van der Waals surface area contributed by atoms with E-state index in [1.807, 2.05) is 60.8 Å². The van der Waals surface area contributed by atoms with E-state index in [1.165, 1.54) is 0 Å². The molecule has 1 aliphatic rings. The van der Waals surface area contributed by atoms with Gasteiger partial charge in [0.1, 0.15) is 12.6 Å². The molecule has 2 aromatic carbocycles. The number of carbonyl (C=O) groups excluding carboxylic acids is 2. The summed E-state index contributed by atoms with van der Waals surface area (Å²) in [5, 5.41) is 18.4. The van der Waals surface area contributed by atoms with E-state index >= 15 is 0 Å². The number of fused-ring (bicyclic) bond motifs is 3. The van der Waals surface area contributed by atoms with Crippen LogP contribution in [0.15, 0.2) is 67.0 Å². The Kier molecular flexibility index (Phi) is 7.77. The molecule has 1 heterocycles. The molecule has 3 aromatic rings. The quantitative estimate of drug-likeness (QED) is 0.366. The normalized spacial score (nSPS) is 12.9. The number of aliphatic carboxylic acids is 1. The Labute approximate surface area is 203 Å². The lowest BCUT2D eigenvalue weighted by Gasteiger charge is -2.19. The summed E-state index contributed by atoms with van der Waals surface area (Å²) in [6.45, 7) is 1.11. The van der Waals surface area contributed by atoms with Gasteiger partial charge in [-0.2, -0.15) is 5.10 Å². The highest BCUT2D eigenvalue weighted by molar-refractivity contribution is 5.86. The standard InChI is InChI=1S/C26H28N4O5/c31-24(32)12-11-23(25(33)27-13-5-15-30-16-6-14-28-30)29-26(34)35-17-22-20-9-3-1-7-18(20)19-8-2-4-10-21(19)22/h1-4,6-10,14,16,22-23H,5,11-13,15,17H2,(H,27,33)(H,29,34)(H,31,32). The van der Waals surface area contributed by atoms with E-state index in [9.17, 15) is 14.4 Å². The highest BCUT2D eigenvalue weighted by Gasteiger charge is 2.29. The number of carbonyl (C=O) groups is 3. The van der Waals surface area contributed by atoms with Crippen molar-refractivity contribution >= 4 is 18.0 Å². The predicted molar refractivity (Wildman–Crippen MR) is 129 cm³/mol. The number of amides is 2. The van der Waals surface area contributed by atoms with Gasteiger partial charge in [0.15, 0.2) is 0 Å². The van der Waals surface area contributed by atoms with Crippen LogP contribution in [0.1, 0.15) is 36.3 Å². The topological polar surface area (TPSA) is 123 Å². The fourth-order valence-corrected chi connectivity index (χ4v) is 4.33. The maximum absolute atomic E-state index is 12.6. The van der Waals surface area contributed by atoms with Gasteiger partial charge >= 0.3 is 12.1 Å². The summed E-state index contributed by atoms with van der Waals surface area (Å²) in [7, 11) is 0. The smallest absolute Gasteiger partial charge is 0.407 e. The van der Waals surface area contributed by atoms with Gasteiger partial charge in [-0.1, -0.05) is 48.5 Å². The number of nitrogens with one attached hydrogen (secondary N) is 2. The Hall–Kier alpha value is -4.14. The highest BCUT2D eigenvalue weighted by atomic mass is 16.5. The number of rotatable bonds is 11. The lowest BCUT2D eigenvalue weighted by Crippen LogP contribution is -2.47. The summed E-state index contributed by atoms with van der Waals surface area (Å²) in [6.07, 6.45) is 3.10. The van der Waals surface area contributed by atoms with Gasteiger partial charge < -0.3 is 20.5 Å². The highest BCUT2D eigenvalue weighted by Crippen LogP contribution is 2.44. The molecule has 35 heavy (non-hydrogen) atoms. The number of aryl methyl sites for hydroxylation is 1. The van der Waals surface area contributed by atoms with Crippen molar-refractivity contribution in [1.82, 2.24) is 20.4 Å². The first-order chi connectivity index (χ1) is 17.0. The predicted octanol–water partition coefficient (Wildman–Crippen LogP) is 3.16. The molecule has 4 rings (SSSR count). The monoisotopic (exact) mass is 476 g/mol. The van der Waals surface area contributed by atoms with E-state index in [4.69, 9.17) is 9.84 Å². The molecular weight excluding hydrogens is 448 g/mol. The summed E-state index contributed by atoms with van der Waals surface area (Å²) in [6, 6.07) is 16.8. The van der Waals surface area contributed by atoms with E-state index in [0.29, 0.717) is 19.5 Å². The molecule has 0 spiro atoms. The van der Waals surface area contributed by atoms with Crippen LogP contribution in [0, 0.1) is 0 Å². The summed E-state index contributed by atoms with van der Waals surface area (Å²) in [5.41, 5.74) is 4.40. The molecule has 182 valence electrons. The number of nitrogens with zero attached hydrogens (tertiary/aromatic N) is 2. The zero-order valence-electron chi connectivity index (χ0n) is 19.2. The zero-order chi connectivity index (χ0) is 24.6. The van der Waals surface area contributed by atoms with Crippen LogP contribution in [0.2, 0.25) is 0 Å². The van der Waals surface area contributed by atoms with Gasteiger partial charge in [-0.3, -0.25) is 14.3 Å². The summed E-state index contributed by atoms with van der Waals surface area (Å²) in [4.78, 5) is 36.3. The molecule has 1 unspecified atom stereocenters. The second-order valence-corrected chi connectivity index (χ2v) is 8.37. The Bertz CT molecular complexity index is 1130. The van der Waals surface area contributed by atoms with Crippen LogP contribution in [-0.2, 0) is 20.9 Å². The fraction of sp³-hybridized carbons (Fsp3) is 0.308. The molecule has 3 N–H and O–H groups in total. The molecule has 0 saturated carbocycles. The Morgan fingerprint density at radius 2 is 1.71 bits per heavy atom. The number of hydrogen-bond donors (Lipinski definition) is 3. The van der Waals surface area contributed by atoms with Gasteiger partial charge in [0.25, 0.3) is 0 Å². The zero-order valence-corrected chi connectivity index (χ0v) is 19.2. The van der Waals surface area contributed by atoms with E-state index in [-0.39, 0.29) is 25.4 Å². The Balaban J connectivity index is 1.32. The largest absolute Gasteiger partial charge is 0.481 e. The van der Waals surface area contributed by atoms with E-state index in [1.54, 1.807) is 10.9 Å². The van der Waals surface area contributed by atoms with Gasteiger partial charge in [0.2, 0.25) is 5.91 Å². The molecule has 1 atom stereocenters. The number of aromatic nitrogens is 2.